The topological polar surface area (TPSA) is 61.9 Å². The summed E-state index contributed by atoms with van der Waals surface area (Å²) in [5.74, 6) is -0.635. The van der Waals surface area contributed by atoms with Gasteiger partial charge in [0.25, 0.3) is 5.91 Å². The smallest absolute Gasteiger partial charge is 0.276 e. The van der Waals surface area contributed by atoms with Gasteiger partial charge in [0.2, 0.25) is 0 Å². The SMILES string of the molecule is CC(c1ccccc1F)N(C)C(=O)c1cn[nH]n1. The normalized spacial score (nSPS) is 12.2. The average molecular weight is 248 g/mol. The van der Waals surface area contributed by atoms with Gasteiger partial charge in [0.05, 0.1) is 12.2 Å². The Labute approximate surface area is 104 Å². The Morgan fingerprint density at radius 3 is 2.78 bits per heavy atom. The first-order chi connectivity index (χ1) is 8.61. The van der Waals surface area contributed by atoms with E-state index >= 15 is 0 Å². The van der Waals surface area contributed by atoms with Crippen molar-refractivity contribution >= 4 is 5.91 Å². The van der Waals surface area contributed by atoms with Crippen molar-refractivity contribution in [2.45, 2.75) is 13.0 Å². The molecule has 1 N–H and O–H groups in total. The fraction of sp³-hybridized carbons (Fsp3) is 0.250. The highest BCUT2D eigenvalue weighted by molar-refractivity contribution is 5.91. The molecule has 1 unspecified atom stereocenters. The summed E-state index contributed by atoms with van der Waals surface area (Å²) >= 11 is 0. The van der Waals surface area contributed by atoms with E-state index in [0.717, 1.165) is 0 Å². The lowest BCUT2D eigenvalue weighted by Crippen LogP contribution is -2.30. The quantitative estimate of drug-likeness (QED) is 0.900. The molecule has 5 nitrogen and oxygen atoms in total. The van der Waals surface area contributed by atoms with Crippen LogP contribution in [0.1, 0.15) is 29.0 Å². The monoisotopic (exact) mass is 248 g/mol. The number of aromatic nitrogens is 3. The molecule has 1 aromatic heterocycles. The van der Waals surface area contributed by atoms with Gasteiger partial charge in [-0.2, -0.15) is 15.4 Å². The lowest BCUT2D eigenvalue weighted by Gasteiger charge is -2.24. The summed E-state index contributed by atoms with van der Waals surface area (Å²) in [6.07, 6.45) is 1.34. The van der Waals surface area contributed by atoms with Gasteiger partial charge >= 0.3 is 0 Å². The number of H-pyrrole nitrogens is 1. The van der Waals surface area contributed by atoms with Crippen LogP contribution in [0.2, 0.25) is 0 Å². The number of carbonyl (C=O) groups is 1. The van der Waals surface area contributed by atoms with Crippen molar-refractivity contribution in [3.05, 3.63) is 47.5 Å². The fourth-order valence-electron chi connectivity index (χ4n) is 1.68. The Hall–Kier alpha value is -2.24. The van der Waals surface area contributed by atoms with Crippen LogP contribution in [0.3, 0.4) is 0 Å². The van der Waals surface area contributed by atoms with Crippen molar-refractivity contribution in [1.29, 1.82) is 0 Å². The molecule has 2 rings (SSSR count). The summed E-state index contributed by atoms with van der Waals surface area (Å²) in [7, 11) is 1.61. The summed E-state index contributed by atoms with van der Waals surface area (Å²) < 4.78 is 13.6. The number of hydrogen-bond donors (Lipinski definition) is 1. The second-order valence-corrected chi connectivity index (χ2v) is 3.97. The average Bonchev–Trinajstić information content (AvgIpc) is 2.90. The molecule has 1 heterocycles. The molecule has 0 aliphatic rings. The van der Waals surface area contributed by atoms with Gasteiger partial charge in [0.15, 0.2) is 5.69 Å². The number of halogens is 1. The van der Waals surface area contributed by atoms with Gasteiger partial charge in [-0.3, -0.25) is 4.79 Å². The first-order valence-electron chi connectivity index (χ1n) is 5.48. The van der Waals surface area contributed by atoms with Crippen LogP contribution in [0, 0.1) is 5.82 Å². The van der Waals surface area contributed by atoms with Crippen molar-refractivity contribution in [3.63, 3.8) is 0 Å². The Morgan fingerprint density at radius 2 is 2.17 bits per heavy atom. The zero-order valence-corrected chi connectivity index (χ0v) is 10.1. The van der Waals surface area contributed by atoms with E-state index in [9.17, 15) is 9.18 Å². The number of hydrogen-bond acceptors (Lipinski definition) is 3. The Morgan fingerprint density at radius 1 is 1.44 bits per heavy atom. The molecule has 18 heavy (non-hydrogen) atoms. The summed E-state index contributed by atoms with van der Waals surface area (Å²) in [4.78, 5) is 13.4. The third-order valence-electron chi connectivity index (χ3n) is 2.89. The largest absolute Gasteiger partial charge is 0.333 e. The van der Waals surface area contributed by atoms with Gasteiger partial charge in [-0.1, -0.05) is 18.2 Å². The molecule has 0 aliphatic carbocycles. The van der Waals surface area contributed by atoms with Gasteiger partial charge in [-0.25, -0.2) is 4.39 Å². The van der Waals surface area contributed by atoms with Crippen LogP contribution in [0.15, 0.2) is 30.5 Å². The van der Waals surface area contributed by atoms with Crippen molar-refractivity contribution in [2.24, 2.45) is 0 Å². The first-order valence-corrected chi connectivity index (χ1v) is 5.48. The summed E-state index contributed by atoms with van der Waals surface area (Å²) in [5, 5.41) is 9.67. The highest BCUT2D eigenvalue weighted by Gasteiger charge is 2.22. The number of carbonyl (C=O) groups excluding carboxylic acids is 1. The van der Waals surface area contributed by atoms with Crippen LogP contribution >= 0.6 is 0 Å². The molecular weight excluding hydrogens is 235 g/mol. The van der Waals surface area contributed by atoms with Gasteiger partial charge < -0.3 is 4.90 Å². The molecule has 1 amide bonds. The summed E-state index contributed by atoms with van der Waals surface area (Å²) in [6.45, 7) is 1.76. The van der Waals surface area contributed by atoms with Crippen LogP contribution in [0.4, 0.5) is 4.39 Å². The Kier molecular flexibility index (Phi) is 3.36. The highest BCUT2D eigenvalue weighted by Crippen LogP contribution is 2.22. The minimum Gasteiger partial charge on any atom is -0.333 e. The number of nitrogens with zero attached hydrogens (tertiary/aromatic N) is 3. The molecule has 0 bridgehead atoms. The van der Waals surface area contributed by atoms with Gasteiger partial charge in [-0.05, 0) is 13.0 Å². The second kappa shape index (κ2) is 4.95. The first kappa shape index (κ1) is 12.2. The lowest BCUT2D eigenvalue weighted by atomic mass is 10.1. The molecule has 0 spiro atoms. The zero-order valence-electron chi connectivity index (χ0n) is 10.1. The van der Waals surface area contributed by atoms with Crippen LogP contribution in [0.5, 0.6) is 0 Å². The van der Waals surface area contributed by atoms with Gasteiger partial charge in [0.1, 0.15) is 5.82 Å². The maximum Gasteiger partial charge on any atom is 0.276 e. The Bertz CT molecular complexity index is 541. The van der Waals surface area contributed by atoms with E-state index < -0.39 is 0 Å². The molecule has 0 saturated carbocycles. The minimum absolute atomic E-state index is 0.209. The molecule has 0 aliphatic heterocycles. The molecule has 0 fully saturated rings. The van der Waals surface area contributed by atoms with E-state index in [1.165, 1.54) is 17.2 Å². The molecule has 2 aromatic rings. The Balaban J connectivity index is 2.22. The lowest BCUT2D eigenvalue weighted by molar-refractivity contribution is 0.0734. The summed E-state index contributed by atoms with van der Waals surface area (Å²) in [6, 6.07) is 6.01. The molecule has 6 heteroatoms. The molecule has 0 saturated heterocycles. The van der Waals surface area contributed by atoms with Crippen LogP contribution in [0.25, 0.3) is 0 Å². The van der Waals surface area contributed by atoms with Crippen molar-refractivity contribution in [2.75, 3.05) is 7.05 Å². The number of rotatable bonds is 3. The second-order valence-electron chi connectivity index (χ2n) is 3.97. The van der Waals surface area contributed by atoms with Crippen LogP contribution in [-0.4, -0.2) is 33.3 Å². The molecule has 0 radical (unpaired) electrons. The number of aromatic amines is 1. The van der Waals surface area contributed by atoms with E-state index in [2.05, 4.69) is 15.4 Å². The fourth-order valence-corrected chi connectivity index (χ4v) is 1.68. The number of amides is 1. The third-order valence-corrected chi connectivity index (χ3v) is 2.89. The predicted molar refractivity (Wildman–Crippen MR) is 63.3 cm³/mol. The van der Waals surface area contributed by atoms with Crippen molar-refractivity contribution in [3.8, 4) is 0 Å². The molecule has 1 aromatic carbocycles. The van der Waals surface area contributed by atoms with E-state index in [0.29, 0.717) is 5.56 Å². The molecular formula is C12H13FN4O. The highest BCUT2D eigenvalue weighted by atomic mass is 19.1. The van der Waals surface area contributed by atoms with Gasteiger partial charge in [0, 0.05) is 12.6 Å². The zero-order chi connectivity index (χ0) is 13.1. The van der Waals surface area contributed by atoms with E-state index in [-0.39, 0.29) is 23.5 Å². The van der Waals surface area contributed by atoms with Gasteiger partial charge in [-0.15, -0.1) is 0 Å². The van der Waals surface area contributed by atoms with E-state index in [1.807, 2.05) is 0 Å². The molecule has 1 atom stereocenters. The molecule has 94 valence electrons. The van der Waals surface area contributed by atoms with E-state index in [1.54, 1.807) is 32.2 Å². The van der Waals surface area contributed by atoms with Crippen LogP contribution < -0.4 is 0 Å². The number of nitrogens with one attached hydrogen (secondary N) is 1. The van der Waals surface area contributed by atoms with Crippen LogP contribution in [-0.2, 0) is 0 Å². The maximum atomic E-state index is 13.6. The van der Waals surface area contributed by atoms with Crippen molar-refractivity contribution < 1.29 is 9.18 Å². The minimum atomic E-state index is -0.379. The standard InChI is InChI=1S/C12H13FN4O/c1-8(9-5-3-4-6-10(9)13)17(2)12(18)11-7-14-16-15-11/h3-8H,1-2H3,(H,14,15,16). The summed E-state index contributed by atoms with van der Waals surface area (Å²) in [5.41, 5.74) is 0.678. The predicted octanol–water partition coefficient (Wildman–Crippen LogP) is 1.78. The van der Waals surface area contributed by atoms with E-state index in [4.69, 9.17) is 0 Å². The van der Waals surface area contributed by atoms with Crippen molar-refractivity contribution in [1.82, 2.24) is 20.3 Å². The number of benzene rings is 1. The maximum absolute atomic E-state index is 13.6. The third kappa shape index (κ3) is 2.22.